The van der Waals surface area contributed by atoms with E-state index in [0.717, 1.165) is 0 Å². The molecule has 1 aliphatic heterocycles. The summed E-state index contributed by atoms with van der Waals surface area (Å²) in [6, 6.07) is 6.31. The average molecular weight is 343 g/mol. The Morgan fingerprint density at radius 2 is 2.28 bits per heavy atom. The van der Waals surface area contributed by atoms with Gasteiger partial charge in [-0.15, -0.1) is 0 Å². The number of anilines is 2. The molecule has 0 spiro atoms. The number of hydrogen-bond donors (Lipinski definition) is 2. The minimum Gasteiger partial charge on any atom is -0.497 e. The summed E-state index contributed by atoms with van der Waals surface area (Å²) in [4.78, 5) is 28.9. The summed E-state index contributed by atoms with van der Waals surface area (Å²) < 4.78 is 6.65. The molecule has 8 heteroatoms. The van der Waals surface area contributed by atoms with Crippen LogP contribution in [0.5, 0.6) is 5.75 Å². The number of hydrogen-bond acceptors (Lipinski definition) is 5. The zero-order valence-corrected chi connectivity index (χ0v) is 14.4. The molecule has 0 aliphatic carbocycles. The maximum atomic E-state index is 12.7. The average Bonchev–Trinajstić information content (AvgIpc) is 2.95. The van der Waals surface area contributed by atoms with Gasteiger partial charge in [0.1, 0.15) is 11.8 Å². The van der Waals surface area contributed by atoms with E-state index in [1.807, 2.05) is 0 Å². The first-order valence-corrected chi connectivity index (χ1v) is 8.16. The topological polar surface area (TPSA) is 98.1 Å². The smallest absolute Gasteiger partial charge is 0.249 e. The van der Waals surface area contributed by atoms with Gasteiger partial charge in [0, 0.05) is 18.2 Å². The van der Waals surface area contributed by atoms with Gasteiger partial charge in [0.2, 0.25) is 17.8 Å². The van der Waals surface area contributed by atoms with Gasteiger partial charge >= 0.3 is 0 Å². The molecule has 132 valence electrons. The van der Waals surface area contributed by atoms with E-state index in [-0.39, 0.29) is 18.2 Å². The number of ether oxygens (including phenoxy) is 1. The van der Waals surface area contributed by atoms with Crippen LogP contribution in [0.1, 0.15) is 32.1 Å². The Kier molecular flexibility index (Phi) is 4.69. The Morgan fingerprint density at radius 3 is 3.00 bits per heavy atom. The third kappa shape index (κ3) is 3.78. The monoisotopic (exact) mass is 343 g/mol. The van der Waals surface area contributed by atoms with E-state index in [2.05, 4.69) is 34.6 Å². The molecule has 0 saturated heterocycles. The highest BCUT2D eigenvalue weighted by atomic mass is 16.5. The van der Waals surface area contributed by atoms with Gasteiger partial charge in [-0.3, -0.25) is 14.9 Å². The molecule has 2 heterocycles. The Balaban J connectivity index is 1.83. The van der Waals surface area contributed by atoms with Gasteiger partial charge in [-0.1, -0.05) is 19.9 Å². The standard InChI is InChI=1S/C17H21N5O3/c1-10(2)7-14-19-17-20-15(23)9-13(22(17)21-14)16(24)18-11-5-4-6-12(8-11)25-3/h4-6,8,10,13H,7,9H2,1-3H3,(H,18,24)(H,19,20,21,23). The van der Waals surface area contributed by atoms with Crippen molar-refractivity contribution in [3.63, 3.8) is 0 Å². The summed E-state index contributed by atoms with van der Waals surface area (Å²) in [6.45, 7) is 4.12. The second-order valence-electron chi connectivity index (χ2n) is 6.38. The quantitative estimate of drug-likeness (QED) is 0.865. The highest BCUT2D eigenvalue weighted by Gasteiger charge is 2.33. The van der Waals surface area contributed by atoms with E-state index in [1.54, 1.807) is 31.4 Å². The predicted molar refractivity (Wildman–Crippen MR) is 92.5 cm³/mol. The van der Waals surface area contributed by atoms with Gasteiger partial charge in [0.15, 0.2) is 5.82 Å². The summed E-state index contributed by atoms with van der Waals surface area (Å²) in [5, 5.41) is 9.89. The Labute approximate surface area is 145 Å². The lowest BCUT2D eigenvalue weighted by atomic mass is 10.1. The third-order valence-corrected chi connectivity index (χ3v) is 3.83. The van der Waals surface area contributed by atoms with Gasteiger partial charge < -0.3 is 10.1 Å². The first-order chi connectivity index (χ1) is 12.0. The van der Waals surface area contributed by atoms with Gasteiger partial charge in [-0.05, 0) is 18.1 Å². The van der Waals surface area contributed by atoms with E-state index in [0.29, 0.717) is 35.5 Å². The fraction of sp³-hybridized carbons (Fsp3) is 0.412. The van der Waals surface area contributed by atoms with E-state index in [9.17, 15) is 9.59 Å². The first kappa shape index (κ1) is 16.9. The number of amides is 2. The minimum absolute atomic E-state index is 0.0211. The van der Waals surface area contributed by atoms with Crippen molar-refractivity contribution in [2.75, 3.05) is 17.7 Å². The molecule has 1 atom stereocenters. The second kappa shape index (κ2) is 6.92. The largest absolute Gasteiger partial charge is 0.497 e. The van der Waals surface area contributed by atoms with Crippen LogP contribution in [0.3, 0.4) is 0 Å². The molecule has 1 aliphatic rings. The molecule has 25 heavy (non-hydrogen) atoms. The van der Waals surface area contributed by atoms with E-state index >= 15 is 0 Å². The van der Waals surface area contributed by atoms with Crippen LogP contribution in [-0.4, -0.2) is 33.7 Å². The van der Waals surface area contributed by atoms with Crippen molar-refractivity contribution in [2.45, 2.75) is 32.7 Å². The van der Waals surface area contributed by atoms with Crippen molar-refractivity contribution < 1.29 is 14.3 Å². The van der Waals surface area contributed by atoms with Crippen LogP contribution in [0.25, 0.3) is 0 Å². The molecule has 1 unspecified atom stereocenters. The molecular formula is C17H21N5O3. The molecule has 1 aromatic heterocycles. The molecule has 2 aromatic rings. The van der Waals surface area contributed by atoms with Crippen LogP contribution in [0.15, 0.2) is 24.3 Å². The van der Waals surface area contributed by atoms with E-state index < -0.39 is 6.04 Å². The van der Waals surface area contributed by atoms with Crippen molar-refractivity contribution in [3.8, 4) is 5.75 Å². The van der Waals surface area contributed by atoms with Crippen LogP contribution in [0.2, 0.25) is 0 Å². The second-order valence-corrected chi connectivity index (χ2v) is 6.38. The Morgan fingerprint density at radius 1 is 1.48 bits per heavy atom. The van der Waals surface area contributed by atoms with Crippen molar-refractivity contribution in [3.05, 3.63) is 30.1 Å². The van der Waals surface area contributed by atoms with Crippen molar-refractivity contribution >= 4 is 23.5 Å². The number of fused-ring (bicyclic) bond motifs is 1. The molecule has 0 bridgehead atoms. The number of rotatable bonds is 5. The van der Waals surface area contributed by atoms with Gasteiger partial charge in [0.05, 0.1) is 13.5 Å². The summed E-state index contributed by atoms with van der Waals surface area (Å²) in [5.74, 6) is 1.39. The normalized spacial score (nSPS) is 16.3. The number of benzene rings is 1. The van der Waals surface area contributed by atoms with Crippen LogP contribution in [0, 0.1) is 5.92 Å². The van der Waals surface area contributed by atoms with Gasteiger partial charge in [-0.2, -0.15) is 10.1 Å². The van der Waals surface area contributed by atoms with E-state index in [1.165, 1.54) is 4.68 Å². The molecule has 3 rings (SSSR count). The molecule has 8 nitrogen and oxygen atoms in total. The highest BCUT2D eigenvalue weighted by Crippen LogP contribution is 2.25. The highest BCUT2D eigenvalue weighted by molar-refractivity contribution is 6.00. The molecular weight excluding hydrogens is 322 g/mol. The number of nitrogens with zero attached hydrogens (tertiary/aromatic N) is 3. The lowest BCUT2D eigenvalue weighted by Gasteiger charge is -2.22. The molecule has 0 fully saturated rings. The Bertz CT molecular complexity index is 799. The van der Waals surface area contributed by atoms with Crippen molar-refractivity contribution in [1.82, 2.24) is 14.8 Å². The number of aromatic nitrogens is 3. The summed E-state index contributed by atoms with van der Waals surface area (Å²) >= 11 is 0. The molecule has 2 amide bonds. The van der Waals surface area contributed by atoms with Crippen LogP contribution in [0.4, 0.5) is 11.6 Å². The lowest BCUT2D eigenvalue weighted by molar-refractivity contribution is -0.125. The maximum Gasteiger partial charge on any atom is 0.249 e. The minimum atomic E-state index is -0.733. The van der Waals surface area contributed by atoms with Crippen molar-refractivity contribution in [1.29, 1.82) is 0 Å². The van der Waals surface area contributed by atoms with Crippen LogP contribution >= 0.6 is 0 Å². The zero-order valence-electron chi connectivity index (χ0n) is 14.4. The SMILES string of the molecule is COc1cccc(NC(=O)C2CC(=O)Nc3nc(CC(C)C)nn32)c1. The number of carbonyl (C=O) groups excluding carboxylic acids is 2. The number of nitrogens with one attached hydrogen (secondary N) is 2. The summed E-state index contributed by atoms with van der Waals surface area (Å²) in [6.07, 6.45) is 0.702. The number of carbonyl (C=O) groups is 2. The molecule has 2 N–H and O–H groups in total. The summed E-state index contributed by atoms with van der Waals surface area (Å²) in [7, 11) is 1.56. The van der Waals surface area contributed by atoms with Crippen molar-refractivity contribution in [2.24, 2.45) is 5.92 Å². The molecule has 1 aromatic carbocycles. The number of methoxy groups -OCH3 is 1. The maximum absolute atomic E-state index is 12.7. The Hall–Kier alpha value is -2.90. The van der Waals surface area contributed by atoms with Gasteiger partial charge in [0.25, 0.3) is 0 Å². The van der Waals surface area contributed by atoms with Crippen LogP contribution < -0.4 is 15.4 Å². The van der Waals surface area contributed by atoms with E-state index in [4.69, 9.17) is 4.74 Å². The molecule has 0 radical (unpaired) electrons. The third-order valence-electron chi connectivity index (χ3n) is 3.83. The molecule has 0 saturated carbocycles. The van der Waals surface area contributed by atoms with Gasteiger partial charge in [-0.25, -0.2) is 4.68 Å². The predicted octanol–water partition coefficient (Wildman–Crippen LogP) is 2.01. The lowest BCUT2D eigenvalue weighted by Crippen LogP contribution is -2.36. The van der Waals surface area contributed by atoms with Crippen LogP contribution in [-0.2, 0) is 16.0 Å². The fourth-order valence-electron chi connectivity index (χ4n) is 2.69. The summed E-state index contributed by atoms with van der Waals surface area (Å²) in [5.41, 5.74) is 0.597. The zero-order chi connectivity index (χ0) is 18.0. The first-order valence-electron chi connectivity index (χ1n) is 8.16. The fourth-order valence-corrected chi connectivity index (χ4v) is 2.69.